The molecule has 4 aromatic rings. The third kappa shape index (κ3) is 5.26. The van der Waals surface area contributed by atoms with Gasteiger partial charge >= 0.3 is 0 Å². The molecule has 0 aliphatic rings. The Hall–Kier alpha value is -4.54. The number of hydrogen-bond acceptors (Lipinski definition) is 11. The van der Waals surface area contributed by atoms with E-state index in [1.54, 1.807) is 18.2 Å². The normalized spacial score (nSPS) is 12.2. The maximum absolute atomic E-state index is 11.7. The molecule has 0 spiro atoms. The SMILES string of the molecule is [C-]#[N+]c1cnn(-c2cc(S(=O)(=O)O)cc(S(=O)(=O)O)c2)c1N=Nc1c(-c2ccccn2)nn(CCO)c1N. The first-order chi connectivity index (χ1) is 17.9. The van der Waals surface area contributed by atoms with Gasteiger partial charge in [-0.2, -0.15) is 27.0 Å². The summed E-state index contributed by atoms with van der Waals surface area (Å²) >= 11 is 0. The monoisotopic (exact) mass is 559 g/mol. The van der Waals surface area contributed by atoms with Gasteiger partial charge in [-0.15, -0.1) is 10.2 Å². The molecule has 0 amide bonds. The first-order valence-corrected chi connectivity index (χ1v) is 13.2. The first-order valence-electron chi connectivity index (χ1n) is 10.3. The average Bonchev–Trinajstić information content (AvgIpc) is 3.42. The predicted octanol–water partition coefficient (Wildman–Crippen LogP) is 2.16. The minimum absolute atomic E-state index is 0.0147. The Labute approximate surface area is 215 Å². The van der Waals surface area contributed by atoms with Crippen LogP contribution < -0.4 is 5.73 Å². The lowest BCUT2D eigenvalue weighted by Gasteiger charge is -2.09. The minimum Gasteiger partial charge on any atom is -0.394 e. The van der Waals surface area contributed by atoms with E-state index in [1.165, 1.54) is 10.9 Å². The van der Waals surface area contributed by atoms with Crippen molar-refractivity contribution in [1.29, 1.82) is 0 Å². The Morgan fingerprint density at radius 2 is 1.74 bits per heavy atom. The number of azo groups is 1. The van der Waals surface area contributed by atoms with Crippen LogP contribution in [0.5, 0.6) is 0 Å². The van der Waals surface area contributed by atoms with E-state index in [1.807, 2.05) is 0 Å². The third-order valence-corrected chi connectivity index (χ3v) is 6.64. The number of aliphatic hydroxyl groups is 1. The van der Waals surface area contributed by atoms with Gasteiger partial charge in [0.1, 0.15) is 5.69 Å². The summed E-state index contributed by atoms with van der Waals surface area (Å²) in [6, 6.07) is 7.28. The van der Waals surface area contributed by atoms with Gasteiger partial charge in [-0.25, -0.2) is 14.2 Å². The van der Waals surface area contributed by atoms with E-state index in [9.17, 15) is 31.0 Å². The fraction of sp³-hybridized carbons (Fsp3) is 0.100. The molecule has 16 nitrogen and oxygen atoms in total. The van der Waals surface area contributed by atoms with Crippen molar-refractivity contribution in [3.05, 3.63) is 60.2 Å². The summed E-state index contributed by atoms with van der Waals surface area (Å²) in [7, 11) is -9.83. The summed E-state index contributed by atoms with van der Waals surface area (Å²) in [6.07, 6.45) is 2.57. The fourth-order valence-electron chi connectivity index (χ4n) is 3.27. The molecular formula is C20H17N9O7S2. The average molecular weight is 560 g/mol. The second-order valence-corrected chi connectivity index (χ2v) is 10.3. The number of hydrogen-bond donors (Lipinski definition) is 4. The standard InChI is InChI=1S/C20H17N9O7S2/c1-22-16-11-24-29(12-8-13(37(31,32)33)10-14(9-12)38(34,35)36)20(16)26-25-18-17(15-4-2-3-5-23-15)27-28(6-7-30)19(18)21/h2-5,8-11,30H,6-7,21H2,(H,31,32,33)(H,34,35,36). The lowest BCUT2D eigenvalue weighted by Crippen LogP contribution is -2.07. The van der Waals surface area contributed by atoms with Gasteiger partial charge in [-0.3, -0.25) is 14.1 Å². The Bertz CT molecular complexity index is 1760. The second kappa shape index (κ2) is 10.1. The summed E-state index contributed by atoms with van der Waals surface area (Å²) in [5.41, 5.74) is 6.32. The Morgan fingerprint density at radius 3 is 2.29 bits per heavy atom. The lowest BCUT2D eigenvalue weighted by molar-refractivity contribution is 0.270. The van der Waals surface area contributed by atoms with Gasteiger partial charge in [0.25, 0.3) is 25.9 Å². The highest BCUT2D eigenvalue weighted by atomic mass is 32.2. The van der Waals surface area contributed by atoms with Gasteiger partial charge in [0, 0.05) is 6.20 Å². The van der Waals surface area contributed by atoms with Crippen molar-refractivity contribution in [2.45, 2.75) is 16.3 Å². The van der Waals surface area contributed by atoms with Crippen molar-refractivity contribution in [2.24, 2.45) is 10.2 Å². The number of nitrogens with zero attached hydrogens (tertiary/aromatic N) is 8. The first kappa shape index (κ1) is 26.5. The predicted molar refractivity (Wildman–Crippen MR) is 131 cm³/mol. The zero-order chi connectivity index (χ0) is 27.7. The number of anilines is 1. The van der Waals surface area contributed by atoms with Gasteiger partial charge in [-0.05, 0) is 30.3 Å². The van der Waals surface area contributed by atoms with Crippen LogP contribution in [0.1, 0.15) is 0 Å². The van der Waals surface area contributed by atoms with Gasteiger partial charge in [-0.1, -0.05) is 6.07 Å². The molecule has 0 bridgehead atoms. The van der Waals surface area contributed by atoms with Crippen LogP contribution in [0.2, 0.25) is 0 Å². The molecule has 0 saturated carbocycles. The van der Waals surface area contributed by atoms with Crippen LogP contribution in [0.4, 0.5) is 23.0 Å². The molecule has 0 aliphatic carbocycles. The van der Waals surface area contributed by atoms with E-state index >= 15 is 0 Å². The fourth-order valence-corrected chi connectivity index (χ4v) is 4.44. The smallest absolute Gasteiger partial charge is 0.294 e. The van der Waals surface area contributed by atoms with Crippen LogP contribution >= 0.6 is 0 Å². The molecule has 3 heterocycles. The summed E-state index contributed by atoms with van der Waals surface area (Å²) in [4.78, 5) is 5.77. The van der Waals surface area contributed by atoms with Crippen molar-refractivity contribution < 1.29 is 31.0 Å². The number of aliphatic hydroxyl groups excluding tert-OH is 1. The highest BCUT2D eigenvalue weighted by Gasteiger charge is 2.22. The molecule has 18 heteroatoms. The second-order valence-electron chi connectivity index (χ2n) is 7.43. The molecule has 0 unspecified atom stereocenters. The molecule has 1 aromatic carbocycles. The zero-order valence-corrected chi connectivity index (χ0v) is 20.6. The van der Waals surface area contributed by atoms with Gasteiger partial charge < -0.3 is 10.8 Å². The minimum atomic E-state index is -4.91. The Balaban J connectivity index is 1.91. The molecular weight excluding hydrogens is 542 g/mol. The summed E-state index contributed by atoms with van der Waals surface area (Å²) in [5.74, 6) is -0.254. The zero-order valence-electron chi connectivity index (χ0n) is 19.0. The number of rotatable bonds is 8. The molecule has 0 fully saturated rings. The quantitative estimate of drug-likeness (QED) is 0.139. The number of aromatic nitrogens is 5. The largest absolute Gasteiger partial charge is 0.394 e. The topological polar surface area (TPSA) is 233 Å². The highest BCUT2D eigenvalue weighted by molar-refractivity contribution is 7.86. The van der Waals surface area contributed by atoms with Crippen LogP contribution in [0.3, 0.4) is 0 Å². The molecule has 0 atom stereocenters. The molecule has 196 valence electrons. The van der Waals surface area contributed by atoms with Crippen molar-refractivity contribution in [1.82, 2.24) is 24.5 Å². The summed E-state index contributed by atoms with van der Waals surface area (Å²) < 4.78 is 68.0. The van der Waals surface area contributed by atoms with E-state index in [0.29, 0.717) is 11.8 Å². The maximum atomic E-state index is 11.7. The van der Waals surface area contributed by atoms with Crippen LogP contribution in [-0.4, -0.2) is 62.2 Å². The van der Waals surface area contributed by atoms with E-state index in [0.717, 1.165) is 23.0 Å². The van der Waals surface area contributed by atoms with Gasteiger partial charge in [0.15, 0.2) is 17.3 Å². The molecule has 0 saturated heterocycles. The van der Waals surface area contributed by atoms with Crippen molar-refractivity contribution >= 4 is 43.2 Å². The molecule has 38 heavy (non-hydrogen) atoms. The Morgan fingerprint density at radius 1 is 1.05 bits per heavy atom. The summed E-state index contributed by atoms with van der Waals surface area (Å²) in [5, 5.41) is 25.8. The van der Waals surface area contributed by atoms with E-state index in [2.05, 4.69) is 30.3 Å². The number of benzene rings is 1. The number of pyridine rings is 1. The summed E-state index contributed by atoms with van der Waals surface area (Å²) in [6.45, 7) is 7.18. The van der Waals surface area contributed by atoms with Crippen LogP contribution in [0.25, 0.3) is 21.9 Å². The Kier molecular flexibility index (Phi) is 7.03. The van der Waals surface area contributed by atoms with Crippen molar-refractivity contribution in [2.75, 3.05) is 12.3 Å². The molecule has 3 aromatic heterocycles. The van der Waals surface area contributed by atoms with Crippen LogP contribution in [0, 0.1) is 6.57 Å². The molecule has 0 radical (unpaired) electrons. The van der Waals surface area contributed by atoms with Gasteiger partial charge in [0.05, 0.1) is 47.1 Å². The van der Waals surface area contributed by atoms with Gasteiger partial charge in [0.2, 0.25) is 0 Å². The molecule has 4 rings (SSSR count). The van der Waals surface area contributed by atoms with Crippen molar-refractivity contribution in [3.63, 3.8) is 0 Å². The van der Waals surface area contributed by atoms with E-state index in [-0.39, 0.29) is 47.5 Å². The van der Waals surface area contributed by atoms with Crippen molar-refractivity contribution in [3.8, 4) is 17.1 Å². The highest BCUT2D eigenvalue weighted by Crippen LogP contribution is 2.38. The van der Waals surface area contributed by atoms with Crippen LogP contribution in [0.15, 0.2) is 68.8 Å². The van der Waals surface area contributed by atoms with E-state index in [4.69, 9.17) is 12.3 Å². The molecule has 0 aliphatic heterocycles. The number of nitrogen functional groups attached to an aromatic ring is 1. The lowest BCUT2D eigenvalue weighted by atomic mass is 10.2. The third-order valence-electron chi connectivity index (χ3n) is 4.98. The van der Waals surface area contributed by atoms with Crippen LogP contribution in [-0.2, 0) is 26.8 Å². The van der Waals surface area contributed by atoms with E-state index < -0.39 is 30.0 Å². The number of nitrogens with two attached hydrogens (primary N) is 1. The maximum Gasteiger partial charge on any atom is 0.294 e. The molecule has 5 N–H and O–H groups in total.